The number of rotatable bonds is 3. The van der Waals surface area contributed by atoms with Crippen LogP contribution in [0.25, 0.3) is 6.08 Å². The van der Waals surface area contributed by atoms with E-state index in [9.17, 15) is 0 Å². The van der Waals surface area contributed by atoms with Gasteiger partial charge in [0.2, 0.25) is 0 Å². The van der Waals surface area contributed by atoms with E-state index < -0.39 is 0 Å². The van der Waals surface area contributed by atoms with Gasteiger partial charge in [-0.15, -0.1) is 6.42 Å². The summed E-state index contributed by atoms with van der Waals surface area (Å²) >= 11 is 0. The molecule has 0 unspecified atom stereocenters. The number of hydrogen-bond acceptors (Lipinski definition) is 1. The van der Waals surface area contributed by atoms with Crippen molar-refractivity contribution in [3.05, 3.63) is 35.4 Å². The second kappa shape index (κ2) is 5.14. The molecule has 0 aliphatic heterocycles. The molecule has 0 N–H and O–H groups in total. The molecule has 1 heteroatoms. The maximum absolute atomic E-state index is 5.26. The predicted molar refractivity (Wildman–Crippen MR) is 60.1 cm³/mol. The third kappa shape index (κ3) is 3.37. The minimum Gasteiger partial charge on any atom is -0.481 e. The Balaban J connectivity index is 2.70. The Morgan fingerprint density at radius 3 is 2.50 bits per heavy atom. The molecular formula is C13H14O. The molecule has 0 spiro atoms. The number of ether oxygens (including phenoxy) is 1. The van der Waals surface area contributed by atoms with E-state index in [0.29, 0.717) is 6.61 Å². The van der Waals surface area contributed by atoms with Crippen LogP contribution in [0.1, 0.15) is 19.4 Å². The van der Waals surface area contributed by atoms with Gasteiger partial charge in [-0.2, -0.15) is 0 Å². The van der Waals surface area contributed by atoms with Crippen LogP contribution in [-0.2, 0) is 0 Å². The molecule has 0 saturated carbocycles. The predicted octanol–water partition coefficient (Wildman–Crippen LogP) is 3.12. The second-order valence-corrected chi connectivity index (χ2v) is 3.28. The molecule has 1 nitrogen and oxygen atoms in total. The number of benzene rings is 1. The van der Waals surface area contributed by atoms with Crippen LogP contribution in [0.2, 0.25) is 0 Å². The third-order valence-corrected chi connectivity index (χ3v) is 1.66. The van der Waals surface area contributed by atoms with Crippen molar-refractivity contribution in [2.24, 2.45) is 0 Å². The van der Waals surface area contributed by atoms with Crippen LogP contribution < -0.4 is 4.74 Å². The highest BCUT2D eigenvalue weighted by atomic mass is 16.5. The fourth-order valence-corrected chi connectivity index (χ4v) is 1.12. The van der Waals surface area contributed by atoms with Crippen LogP contribution in [0.15, 0.2) is 29.8 Å². The molecule has 72 valence electrons. The van der Waals surface area contributed by atoms with E-state index in [4.69, 9.17) is 11.2 Å². The summed E-state index contributed by atoms with van der Waals surface area (Å²) in [5, 5.41) is 0. The first-order valence-electron chi connectivity index (χ1n) is 4.53. The first-order valence-corrected chi connectivity index (χ1v) is 4.53. The van der Waals surface area contributed by atoms with Crippen molar-refractivity contribution in [2.75, 3.05) is 6.61 Å². The summed E-state index contributed by atoms with van der Waals surface area (Å²) in [5.41, 5.74) is 2.46. The zero-order valence-electron chi connectivity index (χ0n) is 8.58. The van der Waals surface area contributed by atoms with Gasteiger partial charge >= 0.3 is 0 Å². The summed E-state index contributed by atoms with van der Waals surface area (Å²) < 4.78 is 5.26. The number of allylic oxidation sites excluding steroid dienone is 1. The molecule has 0 aromatic heterocycles. The highest BCUT2D eigenvalue weighted by Gasteiger charge is 1.91. The van der Waals surface area contributed by atoms with Crippen LogP contribution in [0, 0.1) is 12.3 Å². The van der Waals surface area contributed by atoms with E-state index in [2.05, 4.69) is 25.8 Å². The van der Waals surface area contributed by atoms with Crippen molar-refractivity contribution in [1.29, 1.82) is 0 Å². The van der Waals surface area contributed by atoms with Gasteiger partial charge in [-0.25, -0.2) is 0 Å². The summed E-state index contributed by atoms with van der Waals surface area (Å²) in [5.74, 6) is 3.24. The van der Waals surface area contributed by atoms with Gasteiger partial charge in [0.15, 0.2) is 0 Å². The molecule has 0 aliphatic rings. The Morgan fingerprint density at radius 2 is 2.00 bits per heavy atom. The average molecular weight is 186 g/mol. The second-order valence-electron chi connectivity index (χ2n) is 3.28. The molecule has 0 amide bonds. The molecule has 0 bridgehead atoms. The molecule has 0 saturated heterocycles. The first kappa shape index (κ1) is 10.4. The molecule has 14 heavy (non-hydrogen) atoms. The lowest BCUT2D eigenvalue weighted by Crippen LogP contribution is -1.92. The third-order valence-electron chi connectivity index (χ3n) is 1.66. The first-order chi connectivity index (χ1) is 6.72. The van der Waals surface area contributed by atoms with Gasteiger partial charge in [0, 0.05) is 0 Å². The normalized spacial score (nSPS) is 8.93. The smallest absolute Gasteiger partial charge is 0.148 e. The van der Waals surface area contributed by atoms with Crippen molar-refractivity contribution in [3.8, 4) is 18.1 Å². The zero-order valence-corrected chi connectivity index (χ0v) is 8.58. The van der Waals surface area contributed by atoms with Crippen molar-refractivity contribution in [2.45, 2.75) is 13.8 Å². The van der Waals surface area contributed by atoms with E-state index in [0.717, 1.165) is 5.75 Å². The van der Waals surface area contributed by atoms with Crippen LogP contribution in [0.5, 0.6) is 5.75 Å². The molecule has 0 fully saturated rings. The SMILES string of the molecule is C#CCOc1ccc(C=C(C)C)cc1. The van der Waals surface area contributed by atoms with Crippen LogP contribution in [0.4, 0.5) is 0 Å². The van der Waals surface area contributed by atoms with Crippen LogP contribution in [-0.4, -0.2) is 6.61 Å². The number of hydrogen-bond donors (Lipinski definition) is 0. The molecule has 0 aliphatic carbocycles. The van der Waals surface area contributed by atoms with E-state index in [1.54, 1.807) is 0 Å². The minimum absolute atomic E-state index is 0.321. The van der Waals surface area contributed by atoms with E-state index in [-0.39, 0.29) is 0 Å². The topological polar surface area (TPSA) is 9.23 Å². The molecule has 0 heterocycles. The quantitative estimate of drug-likeness (QED) is 0.659. The van der Waals surface area contributed by atoms with Crippen LogP contribution in [0.3, 0.4) is 0 Å². The van der Waals surface area contributed by atoms with E-state index in [1.807, 2.05) is 24.3 Å². The van der Waals surface area contributed by atoms with Gasteiger partial charge in [0.1, 0.15) is 12.4 Å². The Bertz CT molecular complexity index is 348. The summed E-state index contributed by atoms with van der Waals surface area (Å²) in [6, 6.07) is 7.87. The van der Waals surface area contributed by atoms with Gasteiger partial charge in [0.25, 0.3) is 0 Å². The largest absolute Gasteiger partial charge is 0.481 e. The summed E-state index contributed by atoms with van der Waals surface area (Å²) in [6.45, 7) is 4.47. The molecule has 0 radical (unpaired) electrons. The molecule has 1 aromatic carbocycles. The highest BCUT2D eigenvalue weighted by Crippen LogP contribution is 2.14. The standard InChI is InChI=1S/C13H14O/c1-4-9-14-13-7-5-12(6-8-13)10-11(2)3/h1,5-8,10H,9H2,2-3H3. The highest BCUT2D eigenvalue weighted by molar-refractivity contribution is 5.52. The number of terminal acetylenes is 1. The lowest BCUT2D eigenvalue weighted by atomic mass is 10.1. The van der Waals surface area contributed by atoms with Crippen LogP contribution >= 0.6 is 0 Å². The van der Waals surface area contributed by atoms with Crippen molar-refractivity contribution < 1.29 is 4.74 Å². The minimum atomic E-state index is 0.321. The van der Waals surface area contributed by atoms with Crippen molar-refractivity contribution in [3.63, 3.8) is 0 Å². The van der Waals surface area contributed by atoms with Gasteiger partial charge in [0.05, 0.1) is 0 Å². The maximum atomic E-state index is 5.26. The molecule has 1 aromatic rings. The zero-order chi connectivity index (χ0) is 10.4. The Kier molecular flexibility index (Phi) is 3.82. The summed E-state index contributed by atoms with van der Waals surface area (Å²) in [7, 11) is 0. The fourth-order valence-electron chi connectivity index (χ4n) is 1.12. The van der Waals surface area contributed by atoms with Crippen molar-refractivity contribution >= 4 is 6.08 Å². The molecular weight excluding hydrogens is 172 g/mol. The van der Waals surface area contributed by atoms with Crippen molar-refractivity contribution in [1.82, 2.24) is 0 Å². The van der Waals surface area contributed by atoms with Gasteiger partial charge in [-0.1, -0.05) is 29.7 Å². The maximum Gasteiger partial charge on any atom is 0.148 e. The monoisotopic (exact) mass is 186 g/mol. The average Bonchev–Trinajstić information content (AvgIpc) is 2.16. The molecule has 0 atom stereocenters. The lowest BCUT2D eigenvalue weighted by Gasteiger charge is -2.02. The lowest BCUT2D eigenvalue weighted by molar-refractivity contribution is 0.370. The van der Waals surface area contributed by atoms with Gasteiger partial charge < -0.3 is 4.74 Å². The van der Waals surface area contributed by atoms with Gasteiger partial charge in [-0.3, -0.25) is 0 Å². The fraction of sp³-hybridized carbons (Fsp3) is 0.231. The Morgan fingerprint density at radius 1 is 1.36 bits per heavy atom. The van der Waals surface area contributed by atoms with E-state index in [1.165, 1.54) is 11.1 Å². The Hall–Kier alpha value is -1.68. The van der Waals surface area contributed by atoms with E-state index >= 15 is 0 Å². The Labute approximate surface area is 85.4 Å². The van der Waals surface area contributed by atoms with Gasteiger partial charge in [-0.05, 0) is 31.5 Å². The summed E-state index contributed by atoms with van der Waals surface area (Å²) in [4.78, 5) is 0. The molecule has 1 rings (SSSR count). The summed E-state index contributed by atoms with van der Waals surface area (Å²) in [6.07, 6.45) is 7.20.